The highest BCUT2D eigenvalue weighted by Gasteiger charge is 2.30. The van der Waals surface area contributed by atoms with Gasteiger partial charge in [0.25, 0.3) is 0 Å². The zero-order valence-corrected chi connectivity index (χ0v) is 19.4. The Bertz CT molecular complexity index is 1180. The number of nitrogens with one attached hydrogen (secondary N) is 1. The van der Waals surface area contributed by atoms with Gasteiger partial charge in [0.1, 0.15) is 5.75 Å². The van der Waals surface area contributed by atoms with Crippen LogP contribution in [0.15, 0.2) is 54.7 Å². The van der Waals surface area contributed by atoms with Crippen molar-refractivity contribution in [3.05, 3.63) is 65.9 Å². The van der Waals surface area contributed by atoms with Gasteiger partial charge in [0.15, 0.2) is 0 Å². The number of benzene rings is 2. The second-order valence-electron chi connectivity index (χ2n) is 7.59. The van der Waals surface area contributed by atoms with Crippen molar-refractivity contribution in [3.8, 4) is 17.0 Å². The Kier molecular flexibility index (Phi) is 7.36. The Morgan fingerprint density at radius 3 is 2.42 bits per heavy atom. The molecule has 3 aromatic rings. The molecule has 33 heavy (non-hydrogen) atoms. The average molecular weight is 482 g/mol. The third kappa shape index (κ3) is 5.87. The van der Waals surface area contributed by atoms with E-state index < -0.39 is 21.8 Å². The van der Waals surface area contributed by atoms with Crippen molar-refractivity contribution in [2.45, 2.75) is 46.0 Å². The van der Waals surface area contributed by atoms with Gasteiger partial charge >= 0.3 is 6.18 Å². The Morgan fingerprint density at radius 1 is 1.12 bits per heavy atom. The Morgan fingerprint density at radius 2 is 1.82 bits per heavy atom. The standard InChI is InChI=1S/C23H26F3N3O3S/c1-4-16(3)32-21-8-6-7-20(13-21)29(33(30,31)5-2)15-18-14-27-28-22(18)17-9-11-19(12-10-17)23(24,25)26/h6-14,16H,4-5,15H2,1-3H3,(H,27,28). The zero-order chi connectivity index (χ0) is 24.2. The highest BCUT2D eigenvalue weighted by atomic mass is 32.2. The molecule has 3 rings (SSSR count). The van der Waals surface area contributed by atoms with Gasteiger partial charge in [-0.2, -0.15) is 18.3 Å². The van der Waals surface area contributed by atoms with Gasteiger partial charge in [0, 0.05) is 11.6 Å². The molecule has 1 aromatic heterocycles. The quantitative estimate of drug-likeness (QED) is 0.430. The highest BCUT2D eigenvalue weighted by molar-refractivity contribution is 7.92. The smallest absolute Gasteiger partial charge is 0.416 e. The Balaban J connectivity index is 1.96. The van der Waals surface area contributed by atoms with Crippen LogP contribution in [0, 0.1) is 0 Å². The van der Waals surface area contributed by atoms with Gasteiger partial charge in [0.2, 0.25) is 10.0 Å². The van der Waals surface area contributed by atoms with Gasteiger partial charge in [-0.05, 0) is 50.1 Å². The summed E-state index contributed by atoms with van der Waals surface area (Å²) >= 11 is 0. The number of halogens is 3. The summed E-state index contributed by atoms with van der Waals surface area (Å²) in [4.78, 5) is 0. The summed E-state index contributed by atoms with van der Waals surface area (Å²) in [5, 5.41) is 6.77. The number of hydrogen-bond donors (Lipinski definition) is 1. The van der Waals surface area contributed by atoms with Crippen LogP contribution in [-0.4, -0.2) is 30.5 Å². The van der Waals surface area contributed by atoms with Crippen molar-refractivity contribution in [1.29, 1.82) is 0 Å². The number of rotatable bonds is 9. The van der Waals surface area contributed by atoms with Gasteiger partial charge in [-0.3, -0.25) is 9.40 Å². The first-order chi connectivity index (χ1) is 15.5. The van der Waals surface area contributed by atoms with E-state index in [2.05, 4.69) is 10.2 Å². The average Bonchev–Trinajstić information content (AvgIpc) is 3.25. The third-order valence-electron chi connectivity index (χ3n) is 5.25. The minimum Gasteiger partial charge on any atom is -0.491 e. The van der Waals surface area contributed by atoms with Crippen LogP contribution in [0.1, 0.15) is 38.3 Å². The molecule has 178 valence electrons. The fourth-order valence-corrected chi connectivity index (χ4v) is 4.28. The summed E-state index contributed by atoms with van der Waals surface area (Å²) in [6, 6.07) is 11.5. The SMILES string of the molecule is CCC(C)Oc1cccc(N(Cc2cn[nH]c2-c2ccc(C(F)(F)F)cc2)S(=O)(=O)CC)c1. The lowest BCUT2D eigenvalue weighted by Crippen LogP contribution is -2.32. The molecule has 0 spiro atoms. The van der Waals surface area contributed by atoms with E-state index in [-0.39, 0.29) is 18.4 Å². The molecule has 0 aliphatic carbocycles. The van der Waals surface area contributed by atoms with E-state index in [4.69, 9.17) is 4.74 Å². The second kappa shape index (κ2) is 9.86. The van der Waals surface area contributed by atoms with E-state index in [1.54, 1.807) is 31.2 Å². The topological polar surface area (TPSA) is 75.3 Å². The van der Waals surface area contributed by atoms with Crippen LogP contribution < -0.4 is 9.04 Å². The van der Waals surface area contributed by atoms with E-state index in [0.717, 1.165) is 18.6 Å². The first kappa shape index (κ1) is 24.6. The molecule has 0 saturated heterocycles. The van der Waals surface area contributed by atoms with Crippen molar-refractivity contribution in [1.82, 2.24) is 10.2 Å². The lowest BCUT2D eigenvalue weighted by molar-refractivity contribution is -0.137. The minimum atomic E-state index is -4.44. The van der Waals surface area contributed by atoms with Crippen molar-refractivity contribution < 1.29 is 26.3 Å². The van der Waals surface area contributed by atoms with Crippen LogP contribution in [0.2, 0.25) is 0 Å². The molecule has 1 unspecified atom stereocenters. The van der Waals surface area contributed by atoms with Gasteiger partial charge in [-0.25, -0.2) is 8.42 Å². The predicted octanol–water partition coefficient (Wildman–Crippen LogP) is 5.63. The number of alkyl halides is 3. The number of anilines is 1. The molecule has 0 radical (unpaired) electrons. The van der Waals surface area contributed by atoms with Crippen LogP contribution in [0.25, 0.3) is 11.3 Å². The number of aromatic nitrogens is 2. The molecular formula is C23H26F3N3O3S. The van der Waals surface area contributed by atoms with Crippen molar-refractivity contribution in [3.63, 3.8) is 0 Å². The minimum absolute atomic E-state index is 0.0309. The molecule has 6 nitrogen and oxygen atoms in total. The van der Waals surface area contributed by atoms with Gasteiger partial charge in [-0.15, -0.1) is 0 Å². The maximum Gasteiger partial charge on any atom is 0.416 e. The molecule has 0 saturated carbocycles. The number of sulfonamides is 1. The molecule has 1 atom stereocenters. The number of H-pyrrole nitrogens is 1. The lowest BCUT2D eigenvalue weighted by Gasteiger charge is -2.25. The summed E-state index contributed by atoms with van der Waals surface area (Å²) in [6.45, 7) is 5.42. The zero-order valence-electron chi connectivity index (χ0n) is 18.6. The van der Waals surface area contributed by atoms with E-state index in [9.17, 15) is 21.6 Å². The van der Waals surface area contributed by atoms with Crippen molar-refractivity contribution in [2.24, 2.45) is 0 Å². The molecule has 0 aliphatic heterocycles. The first-order valence-corrected chi connectivity index (χ1v) is 12.1. The fraction of sp³-hybridized carbons (Fsp3) is 0.348. The largest absolute Gasteiger partial charge is 0.491 e. The number of nitrogens with zero attached hydrogens (tertiary/aromatic N) is 2. The first-order valence-electron chi connectivity index (χ1n) is 10.5. The summed E-state index contributed by atoms with van der Waals surface area (Å²) in [7, 11) is -3.68. The number of aromatic amines is 1. The van der Waals surface area contributed by atoms with Crippen LogP contribution in [0.4, 0.5) is 18.9 Å². The third-order valence-corrected chi connectivity index (χ3v) is 6.99. The van der Waals surface area contributed by atoms with E-state index in [0.29, 0.717) is 28.3 Å². The van der Waals surface area contributed by atoms with Gasteiger partial charge in [0.05, 0.1) is 41.5 Å². The maximum absolute atomic E-state index is 12.9. The van der Waals surface area contributed by atoms with Gasteiger partial charge < -0.3 is 4.74 Å². The summed E-state index contributed by atoms with van der Waals surface area (Å²) in [5.41, 5.74) is 1.11. The lowest BCUT2D eigenvalue weighted by atomic mass is 10.1. The van der Waals surface area contributed by atoms with Crippen LogP contribution in [0.3, 0.4) is 0 Å². The van der Waals surface area contributed by atoms with E-state index in [1.165, 1.54) is 22.6 Å². The fourth-order valence-electron chi connectivity index (χ4n) is 3.20. The van der Waals surface area contributed by atoms with Crippen LogP contribution in [0.5, 0.6) is 5.75 Å². The molecule has 0 aliphatic rings. The monoisotopic (exact) mass is 481 g/mol. The van der Waals surface area contributed by atoms with E-state index >= 15 is 0 Å². The van der Waals surface area contributed by atoms with Gasteiger partial charge in [-0.1, -0.05) is 25.1 Å². The summed E-state index contributed by atoms with van der Waals surface area (Å²) in [6.07, 6.45) is -2.20. The van der Waals surface area contributed by atoms with Crippen molar-refractivity contribution >= 4 is 15.7 Å². The predicted molar refractivity (Wildman–Crippen MR) is 121 cm³/mol. The summed E-state index contributed by atoms with van der Waals surface area (Å²) < 4.78 is 71.7. The Labute approximate surface area is 191 Å². The van der Waals surface area contributed by atoms with E-state index in [1.807, 2.05) is 13.8 Å². The molecule has 1 heterocycles. The van der Waals surface area contributed by atoms with Crippen LogP contribution in [-0.2, 0) is 22.7 Å². The maximum atomic E-state index is 12.9. The highest BCUT2D eigenvalue weighted by Crippen LogP contribution is 2.32. The molecule has 2 aromatic carbocycles. The number of ether oxygens (including phenoxy) is 1. The number of hydrogen-bond acceptors (Lipinski definition) is 4. The molecule has 0 fully saturated rings. The molecular weight excluding hydrogens is 455 g/mol. The molecule has 0 amide bonds. The summed E-state index contributed by atoms with van der Waals surface area (Å²) in [5.74, 6) is 0.421. The molecule has 0 bridgehead atoms. The van der Waals surface area contributed by atoms with Crippen molar-refractivity contribution in [2.75, 3.05) is 10.1 Å². The molecule has 10 heteroatoms. The normalized spacial score (nSPS) is 13.0. The van der Waals surface area contributed by atoms with Crippen LogP contribution >= 0.6 is 0 Å². The molecule has 1 N–H and O–H groups in total. The second-order valence-corrected chi connectivity index (χ2v) is 9.77. The Hall–Kier alpha value is -3.01.